The average Bonchev–Trinajstić information content (AvgIpc) is 0.901. The fourth-order valence-corrected chi connectivity index (χ4v) is 11.2. The zero-order chi connectivity index (χ0) is 83.8. The van der Waals surface area contributed by atoms with E-state index in [1.54, 1.807) is 0 Å². The molecule has 15 atom stereocenters. The standard InChI is InChI=1S/C68H114N22O19S2/c1-34(91)51(75)63(105)85-46(30-36-13-17-38(93)18-14-36)61(103)90-53(68(3,4)111)65(107)86-47(32-50(74)95)60(102)81-42(12-9-29-78-67(76)77)54(96)82-45(23-28-73)59(101)89-52(35(2)92)64(106)84-44(22-27-72)58(100)80-41(11-6-8-25-70)56(98)88-49(33-110)62(104)83-43(21-26-71)57(99)79-40(10-5-7-24-69)55(97)87-48(66(108)109)31-37-15-19-39(94)20-16-37/h13-20,34-35,40-49,51-53,91-94,110-111H,5-12,21-33,69-73,75H2,1-4H3,(H2,74,95)(H,79,99)(H,80,100)(H,81,102)(H,82,96)(H,83,104)(H,84,106)(H,85,105)(H,86,107)(H,87,97)(H,88,98)(H,89,101)(H,90,103)(H,108,109)(H4,76,77,78)/t34-,35-,40+,41+,42+,43+,44-,45+,46+,47+,48+,49+,51+,52+,53-/m1/s1. The molecule has 622 valence electrons. The molecule has 111 heavy (non-hydrogen) atoms. The Morgan fingerprint density at radius 1 is 0.423 bits per heavy atom. The number of rotatable bonds is 53. The lowest BCUT2D eigenvalue weighted by Crippen LogP contribution is -2.64. The van der Waals surface area contributed by atoms with Crippen LogP contribution >= 0.6 is 25.3 Å². The van der Waals surface area contributed by atoms with E-state index in [9.17, 15) is 92.7 Å². The largest absolute Gasteiger partial charge is 0.508 e. The summed E-state index contributed by atoms with van der Waals surface area (Å²) in [6, 6.07) is -9.53. The molecule has 0 aliphatic carbocycles. The van der Waals surface area contributed by atoms with Gasteiger partial charge < -0.3 is 141 Å². The molecule has 0 aliphatic heterocycles. The fraction of sp³-hybridized carbons (Fsp3) is 0.603. The topological polar surface area (TPSA) is 729 Å². The number of aliphatic hydroxyl groups excluding tert-OH is 2. The Balaban J connectivity index is 2.43. The monoisotopic (exact) mass is 1610 g/mol. The summed E-state index contributed by atoms with van der Waals surface area (Å²) in [5.74, 6) is -16.1. The maximum Gasteiger partial charge on any atom is 0.326 e. The third-order valence-corrected chi connectivity index (χ3v) is 17.7. The Bertz CT molecular complexity index is 3420. The molecule has 0 fully saturated rings. The lowest BCUT2D eigenvalue weighted by atomic mass is 9.99. The van der Waals surface area contributed by atoms with Gasteiger partial charge in [0.05, 0.1) is 18.6 Å². The molecule has 0 radical (unpaired) electrons. The molecule has 0 unspecified atom stereocenters. The van der Waals surface area contributed by atoms with Gasteiger partial charge >= 0.3 is 5.97 Å². The van der Waals surface area contributed by atoms with E-state index in [4.69, 9.17) is 51.3 Å². The molecule has 2 rings (SSSR count). The van der Waals surface area contributed by atoms with Crippen molar-refractivity contribution in [2.45, 2.75) is 213 Å². The number of amides is 13. The Labute approximate surface area is 653 Å². The number of carboxylic acids is 1. The molecule has 2 aromatic carbocycles. The van der Waals surface area contributed by atoms with Crippen molar-refractivity contribution in [1.29, 1.82) is 5.41 Å². The number of guanidine groups is 1. The summed E-state index contributed by atoms with van der Waals surface area (Å²) in [5.41, 5.74) is 46.8. The van der Waals surface area contributed by atoms with Gasteiger partial charge in [-0.3, -0.25) is 67.7 Å². The van der Waals surface area contributed by atoms with Crippen LogP contribution in [0.1, 0.15) is 116 Å². The van der Waals surface area contributed by atoms with Crippen molar-refractivity contribution in [2.75, 3.05) is 45.0 Å². The Hall–Kier alpha value is -9.73. The van der Waals surface area contributed by atoms with Gasteiger partial charge in [0.1, 0.15) is 90.0 Å². The normalized spacial score (nSPS) is 15.3. The Morgan fingerprint density at radius 3 is 1.12 bits per heavy atom. The zero-order valence-electron chi connectivity index (χ0n) is 62.6. The first-order valence-electron chi connectivity index (χ1n) is 36.0. The summed E-state index contributed by atoms with van der Waals surface area (Å²) in [6.45, 7) is 4.68. The third kappa shape index (κ3) is 35.9. The highest BCUT2D eigenvalue weighted by Gasteiger charge is 2.41. The van der Waals surface area contributed by atoms with Crippen LogP contribution in [-0.4, -0.2) is 255 Å². The molecular formula is C68H114N22O19S2. The van der Waals surface area contributed by atoms with E-state index in [-0.39, 0.29) is 115 Å². The van der Waals surface area contributed by atoms with Crippen LogP contribution in [0.15, 0.2) is 48.5 Å². The highest BCUT2D eigenvalue weighted by molar-refractivity contribution is 7.81. The number of aliphatic carboxylic acids is 1. The van der Waals surface area contributed by atoms with Gasteiger partial charge in [-0.2, -0.15) is 25.3 Å². The van der Waals surface area contributed by atoms with Gasteiger partial charge in [0.15, 0.2) is 5.96 Å². The van der Waals surface area contributed by atoms with Crippen LogP contribution in [0.4, 0.5) is 0 Å². The quantitative estimate of drug-likeness (QED) is 0.0127. The Kier molecular flexibility index (Phi) is 44.0. The number of carbonyl (C=O) groups is 14. The number of hydrogen-bond acceptors (Lipinski definition) is 27. The van der Waals surface area contributed by atoms with Gasteiger partial charge in [-0.05, 0) is 166 Å². The van der Waals surface area contributed by atoms with Crippen molar-refractivity contribution in [3.05, 3.63) is 59.7 Å². The summed E-state index contributed by atoms with van der Waals surface area (Å²) in [5, 5.41) is 90.1. The van der Waals surface area contributed by atoms with Crippen LogP contribution in [0.3, 0.4) is 0 Å². The van der Waals surface area contributed by atoms with Crippen molar-refractivity contribution < 1.29 is 92.7 Å². The zero-order valence-corrected chi connectivity index (χ0v) is 64.4. The number of carbonyl (C=O) groups excluding carboxylic acids is 13. The number of carboxylic acid groups (broad SMARTS) is 1. The summed E-state index contributed by atoms with van der Waals surface area (Å²) < 4.78 is -1.50. The molecule has 0 aromatic heterocycles. The fourth-order valence-electron chi connectivity index (χ4n) is 10.8. The molecule has 0 aliphatic rings. The van der Waals surface area contributed by atoms with E-state index in [1.807, 2.05) is 0 Å². The van der Waals surface area contributed by atoms with Gasteiger partial charge in [-0.25, -0.2) is 4.79 Å². The molecule has 43 heteroatoms. The van der Waals surface area contributed by atoms with E-state index in [0.717, 1.165) is 6.92 Å². The predicted molar refractivity (Wildman–Crippen MR) is 412 cm³/mol. The summed E-state index contributed by atoms with van der Waals surface area (Å²) in [4.78, 5) is 194. The van der Waals surface area contributed by atoms with Crippen LogP contribution in [0.5, 0.6) is 11.5 Å². The number of nitrogens with two attached hydrogens (primary N) is 8. The average molecular weight is 1610 g/mol. The van der Waals surface area contributed by atoms with Gasteiger partial charge in [0, 0.05) is 29.9 Å². The van der Waals surface area contributed by atoms with Crippen molar-refractivity contribution in [2.24, 2.45) is 45.9 Å². The van der Waals surface area contributed by atoms with E-state index in [2.05, 4.69) is 94.4 Å². The van der Waals surface area contributed by atoms with Gasteiger partial charge in [-0.1, -0.05) is 24.3 Å². The molecule has 0 saturated carbocycles. The van der Waals surface area contributed by atoms with Crippen molar-refractivity contribution >= 4 is 114 Å². The molecule has 2 aromatic rings. The number of nitrogens with one attached hydrogen (secondary N) is 14. The van der Waals surface area contributed by atoms with Crippen LogP contribution in [0.25, 0.3) is 0 Å². The van der Waals surface area contributed by atoms with Crippen LogP contribution in [0, 0.1) is 5.41 Å². The van der Waals surface area contributed by atoms with E-state index in [0.29, 0.717) is 30.4 Å². The second-order valence-corrected chi connectivity index (χ2v) is 28.4. The lowest BCUT2D eigenvalue weighted by molar-refractivity contribution is -0.142. The molecule has 35 N–H and O–H groups in total. The highest BCUT2D eigenvalue weighted by Crippen LogP contribution is 2.21. The number of primary amides is 1. The SMILES string of the molecule is C[C@@H](O)[C@H](N)C(=O)N[C@@H](Cc1ccc(O)cc1)C(=O)N[C@H](C(=O)N[C@@H](CC(N)=O)C(=O)N[C@@H](CCCNC(=N)N)C(=O)N[C@@H](CCN)C(=O)N[C@H](C(=O)N[C@H](CCN)C(=O)N[C@@H](CCCCN)C(=O)N[C@@H](CS)C(=O)N[C@@H](CCN)C(=O)N[C@@H](CCCCN)C(=O)N[C@@H](Cc1ccc(O)cc1)C(=O)O)[C@@H](C)O)C(C)(C)S. The number of thiol groups is 2. The van der Waals surface area contributed by atoms with E-state index in [1.165, 1.54) is 69.3 Å². The van der Waals surface area contributed by atoms with Crippen molar-refractivity contribution in [1.82, 2.24) is 69.1 Å². The lowest BCUT2D eigenvalue weighted by Gasteiger charge is -2.33. The molecule has 0 spiro atoms. The highest BCUT2D eigenvalue weighted by atomic mass is 32.1. The second kappa shape index (κ2) is 50.2. The first-order chi connectivity index (χ1) is 52.2. The van der Waals surface area contributed by atoms with E-state index < -0.39 is 196 Å². The number of phenolic OH excluding ortho intramolecular Hbond substituents is 2. The van der Waals surface area contributed by atoms with Gasteiger partial charge in [-0.15, -0.1) is 0 Å². The minimum Gasteiger partial charge on any atom is -0.508 e. The number of aromatic hydroxyl groups is 2. The first-order valence-corrected chi connectivity index (χ1v) is 37.1. The summed E-state index contributed by atoms with van der Waals surface area (Å²) in [7, 11) is 0. The number of benzene rings is 2. The van der Waals surface area contributed by atoms with Crippen molar-refractivity contribution in [3.63, 3.8) is 0 Å². The molecule has 0 bridgehead atoms. The maximum atomic E-state index is 14.4. The molecule has 0 saturated heterocycles. The minimum atomic E-state index is -1.92. The molecule has 41 nitrogen and oxygen atoms in total. The summed E-state index contributed by atoms with van der Waals surface area (Å²) in [6.07, 6.45) is -4.53. The number of hydrogen-bond donors (Lipinski definition) is 29. The molecular weight excluding hydrogens is 1490 g/mol. The summed E-state index contributed by atoms with van der Waals surface area (Å²) >= 11 is 8.78. The van der Waals surface area contributed by atoms with E-state index >= 15 is 0 Å². The van der Waals surface area contributed by atoms with Gasteiger partial charge in [0.2, 0.25) is 76.8 Å². The maximum absolute atomic E-state index is 14.4. The minimum absolute atomic E-state index is 0.00502. The van der Waals surface area contributed by atoms with Crippen LogP contribution < -0.4 is 115 Å². The number of phenols is 2. The smallest absolute Gasteiger partial charge is 0.326 e. The van der Waals surface area contributed by atoms with Gasteiger partial charge in [0.25, 0.3) is 0 Å². The number of aliphatic hydroxyl groups is 2. The molecule has 0 heterocycles. The Morgan fingerprint density at radius 2 is 0.757 bits per heavy atom. The predicted octanol–water partition coefficient (Wildman–Crippen LogP) is -9.04. The first kappa shape index (κ1) is 97.3. The number of unbranched alkanes of at least 4 members (excludes halogenated alkanes) is 2. The molecule has 13 amide bonds. The van der Waals surface area contributed by atoms with Crippen LogP contribution in [-0.2, 0) is 80.0 Å². The van der Waals surface area contributed by atoms with Crippen LogP contribution in [0.2, 0.25) is 0 Å². The van der Waals surface area contributed by atoms with Crippen molar-refractivity contribution in [3.8, 4) is 11.5 Å². The second-order valence-electron chi connectivity index (χ2n) is 26.9. The third-order valence-electron chi connectivity index (χ3n) is 17.0.